The van der Waals surface area contributed by atoms with Crippen molar-refractivity contribution in [2.75, 3.05) is 18.0 Å². The van der Waals surface area contributed by atoms with Gasteiger partial charge in [0.25, 0.3) is 0 Å². The topological polar surface area (TPSA) is 3.24 Å². The van der Waals surface area contributed by atoms with Crippen molar-refractivity contribution in [3.05, 3.63) is 29.3 Å². The number of nitrogens with zero attached hydrogens (tertiary/aromatic N) is 1. The van der Waals surface area contributed by atoms with Crippen LogP contribution in [-0.4, -0.2) is 13.1 Å². The highest BCUT2D eigenvalue weighted by Gasteiger charge is 2.36. The van der Waals surface area contributed by atoms with Gasteiger partial charge in [-0.1, -0.05) is 19.9 Å². The Morgan fingerprint density at radius 2 is 1.90 bits per heavy atom. The summed E-state index contributed by atoms with van der Waals surface area (Å²) in [6, 6.07) is 4.44. The molecule has 1 aliphatic rings. The summed E-state index contributed by atoms with van der Waals surface area (Å²) in [4.78, 5) is 1.87. The molecule has 118 valence electrons. The van der Waals surface area contributed by atoms with Crippen molar-refractivity contribution in [3.63, 3.8) is 0 Å². The van der Waals surface area contributed by atoms with E-state index in [0.717, 1.165) is 19.3 Å². The van der Waals surface area contributed by atoms with Gasteiger partial charge in [0.15, 0.2) is 0 Å². The smallest absolute Gasteiger partial charge is 0.371 e. The third-order valence-electron chi connectivity index (χ3n) is 4.20. The number of rotatable bonds is 2. The predicted octanol–water partition coefficient (Wildman–Crippen LogP) is 5.46. The molecule has 0 bridgehead atoms. The monoisotopic (exact) mass is 319 g/mol. The van der Waals surface area contributed by atoms with Crippen molar-refractivity contribution >= 4 is 17.3 Å². The molecule has 0 N–H and O–H groups in total. The van der Waals surface area contributed by atoms with Crippen LogP contribution < -0.4 is 4.90 Å². The fourth-order valence-corrected chi connectivity index (χ4v) is 3.00. The zero-order chi connectivity index (χ0) is 15.7. The molecule has 5 heteroatoms. The second kappa shape index (κ2) is 6.07. The summed E-state index contributed by atoms with van der Waals surface area (Å²) in [5.41, 5.74) is 0.417. The van der Waals surface area contributed by atoms with Gasteiger partial charge in [-0.3, -0.25) is 0 Å². The Morgan fingerprint density at radius 3 is 2.52 bits per heavy atom. The lowest BCUT2D eigenvalue weighted by molar-refractivity contribution is -0.137. The molecule has 1 saturated heterocycles. The van der Waals surface area contributed by atoms with E-state index in [0.29, 0.717) is 18.7 Å². The zero-order valence-corrected chi connectivity index (χ0v) is 13.2. The van der Waals surface area contributed by atoms with Gasteiger partial charge in [0.05, 0.1) is 5.56 Å². The third-order valence-corrected chi connectivity index (χ3v) is 4.51. The lowest BCUT2D eigenvalue weighted by Crippen LogP contribution is -2.27. The summed E-state index contributed by atoms with van der Waals surface area (Å²) < 4.78 is 39.9. The number of hydrogen-bond acceptors (Lipinski definition) is 1. The fourth-order valence-electron chi connectivity index (χ4n) is 2.83. The van der Waals surface area contributed by atoms with Gasteiger partial charge < -0.3 is 4.90 Å². The minimum Gasteiger partial charge on any atom is -0.371 e. The van der Waals surface area contributed by atoms with Gasteiger partial charge in [0.1, 0.15) is 0 Å². The molecule has 1 aliphatic heterocycles. The van der Waals surface area contributed by atoms with Crippen LogP contribution in [0.25, 0.3) is 0 Å². The third kappa shape index (κ3) is 4.06. The molecule has 1 aromatic rings. The molecule has 1 heterocycles. The van der Waals surface area contributed by atoms with Crippen LogP contribution in [0.4, 0.5) is 18.9 Å². The van der Waals surface area contributed by atoms with Crippen LogP contribution in [0.2, 0.25) is 0 Å². The number of anilines is 1. The molecule has 0 aromatic heterocycles. The van der Waals surface area contributed by atoms with Crippen LogP contribution in [0, 0.1) is 5.41 Å². The van der Waals surface area contributed by atoms with Crippen molar-refractivity contribution in [1.82, 2.24) is 0 Å². The van der Waals surface area contributed by atoms with Gasteiger partial charge in [0.2, 0.25) is 0 Å². The van der Waals surface area contributed by atoms with Gasteiger partial charge in [-0.25, -0.2) is 0 Å². The maximum atomic E-state index is 13.3. The summed E-state index contributed by atoms with van der Waals surface area (Å²) in [7, 11) is 0. The first kappa shape index (κ1) is 16.5. The van der Waals surface area contributed by atoms with Crippen molar-refractivity contribution in [2.45, 2.75) is 45.2 Å². The molecule has 0 radical (unpaired) electrons. The maximum absolute atomic E-state index is 13.3. The number of halogens is 4. The van der Waals surface area contributed by atoms with E-state index in [9.17, 15) is 13.2 Å². The molecule has 0 saturated carbocycles. The highest BCUT2D eigenvalue weighted by molar-refractivity contribution is 6.17. The van der Waals surface area contributed by atoms with E-state index in [1.165, 1.54) is 6.07 Å². The summed E-state index contributed by atoms with van der Waals surface area (Å²) in [6.07, 6.45) is -1.48. The Labute approximate surface area is 129 Å². The Bertz CT molecular complexity index is 497. The Morgan fingerprint density at radius 1 is 1.19 bits per heavy atom. The van der Waals surface area contributed by atoms with Crippen molar-refractivity contribution in [3.8, 4) is 0 Å². The molecule has 21 heavy (non-hydrogen) atoms. The SMILES string of the molecule is CC1(C)CCCN(c2ccc(CCl)cc2C(F)(F)F)CC1. The average molecular weight is 320 g/mol. The van der Waals surface area contributed by atoms with Crippen LogP contribution in [0.1, 0.15) is 44.2 Å². The standard InChI is InChI=1S/C16H21ClF3N/c1-15(2)6-3-8-21(9-7-15)14-5-4-12(11-17)10-13(14)16(18,19)20/h4-5,10H,3,6-9,11H2,1-2H3. The van der Waals surface area contributed by atoms with Gasteiger partial charge >= 0.3 is 6.18 Å². The van der Waals surface area contributed by atoms with E-state index in [-0.39, 0.29) is 17.0 Å². The minimum atomic E-state index is -4.35. The van der Waals surface area contributed by atoms with E-state index in [1.54, 1.807) is 12.1 Å². The Hall–Kier alpha value is -0.900. The molecule has 0 spiro atoms. The molecule has 2 rings (SSSR count). The Balaban J connectivity index is 2.34. The largest absolute Gasteiger partial charge is 0.418 e. The molecular formula is C16H21ClF3N. The van der Waals surface area contributed by atoms with Crippen LogP contribution in [0.5, 0.6) is 0 Å². The molecular weight excluding hydrogens is 299 g/mol. The van der Waals surface area contributed by atoms with Gasteiger partial charge in [0, 0.05) is 24.7 Å². The molecule has 1 aromatic carbocycles. The first-order valence-electron chi connectivity index (χ1n) is 7.24. The lowest BCUT2D eigenvalue weighted by Gasteiger charge is -2.27. The normalized spacial score (nSPS) is 19.4. The first-order chi connectivity index (χ1) is 9.73. The van der Waals surface area contributed by atoms with Gasteiger partial charge in [-0.2, -0.15) is 13.2 Å². The number of hydrogen-bond donors (Lipinski definition) is 0. The van der Waals surface area contributed by atoms with E-state index >= 15 is 0 Å². The lowest BCUT2D eigenvalue weighted by atomic mass is 9.85. The van der Waals surface area contributed by atoms with Crippen LogP contribution in [-0.2, 0) is 12.1 Å². The van der Waals surface area contributed by atoms with Crippen molar-refractivity contribution in [2.24, 2.45) is 5.41 Å². The highest BCUT2D eigenvalue weighted by Crippen LogP contribution is 2.39. The first-order valence-corrected chi connectivity index (χ1v) is 7.77. The van der Waals surface area contributed by atoms with Gasteiger partial charge in [-0.05, 0) is 42.4 Å². The van der Waals surface area contributed by atoms with Crippen molar-refractivity contribution in [1.29, 1.82) is 0 Å². The summed E-state index contributed by atoms with van der Waals surface area (Å²) in [6.45, 7) is 5.69. The van der Waals surface area contributed by atoms with E-state index in [4.69, 9.17) is 11.6 Å². The molecule has 0 amide bonds. The average Bonchev–Trinajstić information content (AvgIpc) is 2.58. The van der Waals surface area contributed by atoms with Crippen LogP contribution >= 0.6 is 11.6 Å². The molecule has 0 aliphatic carbocycles. The van der Waals surface area contributed by atoms with E-state index in [1.807, 2.05) is 4.90 Å². The van der Waals surface area contributed by atoms with E-state index in [2.05, 4.69) is 13.8 Å². The highest BCUT2D eigenvalue weighted by atomic mass is 35.5. The van der Waals surface area contributed by atoms with Crippen molar-refractivity contribution < 1.29 is 13.2 Å². The fraction of sp³-hybridized carbons (Fsp3) is 0.625. The summed E-state index contributed by atoms with van der Waals surface area (Å²) in [5.74, 6) is 0.0936. The van der Waals surface area contributed by atoms with Gasteiger partial charge in [-0.15, -0.1) is 11.6 Å². The van der Waals surface area contributed by atoms with Crippen LogP contribution in [0.15, 0.2) is 18.2 Å². The number of alkyl halides is 4. The second-order valence-corrected chi connectivity index (χ2v) is 6.75. The predicted molar refractivity (Wildman–Crippen MR) is 80.8 cm³/mol. The summed E-state index contributed by atoms with van der Waals surface area (Å²) >= 11 is 5.67. The quantitative estimate of drug-likeness (QED) is 0.654. The Kier molecular flexibility index (Phi) is 4.76. The zero-order valence-electron chi connectivity index (χ0n) is 12.4. The molecule has 1 nitrogen and oxygen atoms in total. The molecule has 0 unspecified atom stereocenters. The molecule has 1 fully saturated rings. The second-order valence-electron chi connectivity index (χ2n) is 6.49. The number of benzene rings is 1. The minimum absolute atomic E-state index is 0.0936. The maximum Gasteiger partial charge on any atom is 0.418 e. The summed E-state index contributed by atoms with van der Waals surface area (Å²) in [5, 5.41) is 0. The van der Waals surface area contributed by atoms with E-state index < -0.39 is 11.7 Å². The molecule has 0 atom stereocenters. The van der Waals surface area contributed by atoms with Crippen LogP contribution in [0.3, 0.4) is 0 Å².